The summed E-state index contributed by atoms with van der Waals surface area (Å²) in [5.41, 5.74) is -0.531. The summed E-state index contributed by atoms with van der Waals surface area (Å²) in [4.78, 5) is 26.1. The largest absolute Gasteiger partial charge is 0.480 e. The number of carbonyl (C=O) groups excluding carboxylic acids is 1. The Labute approximate surface area is 112 Å². The normalized spacial score (nSPS) is 22.6. The van der Waals surface area contributed by atoms with Crippen molar-refractivity contribution in [2.45, 2.75) is 18.9 Å². The van der Waals surface area contributed by atoms with Gasteiger partial charge in [0.05, 0.1) is 19.7 Å². The van der Waals surface area contributed by atoms with Crippen LogP contribution in [0.5, 0.6) is 0 Å². The van der Waals surface area contributed by atoms with Gasteiger partial charge < -0.3 is 24.4 Å². The van der Waals surface area contributed by atoms with Crippen molar-refractivity contribution in [3.63, 3.8) is 0 Å². The van der Waals surface area contributed by atoms with Gasteiger partial charge in [-0.05, 0) is 13.3 Å². The number of carboxylic acids is 1. The molecule has 2 aliphatic rings. The van der Waals surface area contributed by atoms with Gasteiger partial charge in [0.15, 0.2) is 0 Å². The van der Waals surface area contributed by atoms with E-state index in [9.17, 15) is 9.59 Å². The minimum absolute atomic E-state index is 0.0121. The van der Waals surface area contributed by atoms with Crippen LogP contribution < -0.4 is 0 Å². The molecule has 2 rings (SSSR count). The first-order valence-electron chi connectivity index (χ1n) is 6.47. The predicted molar refractivity (Wildman–Crippen MR) is 66.0 cm³/mol. The van der Waals surface area contributed by atoms with E-state index in [1.165, 1.54) is 0 Å². The fourth-order valence-corrected chi connectivity index (χ4v) is 2.36. The topological polar surface area (TPSA) is 79.3 Å². The molecule has 0 aromatic rings. The molecule has 1 N–H and O–H groups in total. The maximum atomic E-state index is 12.2. The second-order valence-corrected chi connectivity index (χ2v) is 5.22. The summed E-state index contributed by atoms with van der Waals surface area (Å²) in [7, 11) is 0. The van der Waals surface area contributed by atoms with E-state index >= 15 is 0 Å². The highest BCUT2D eigenvalue weighted by Crippen LogP contribution is 2.25. The maximum absolute atomic E-state index is 12.2. The monoisotopic (exact) mass is 272 g/mol. The average molecular weight is 272 g/mol. The molecule has 2 amide bonds. The van der Waals surface area contributed by atoms with Crippen LogP contribution in [0.3, 0.4) is 0 Å². The fourth-order valence-electron chi connectivity index (χ4n) is 2.36. The number of ether oxygens (including phenoxy) is 2. The van der Waals surface area contributed by atoms with E-state index in [2.05, 4.69) is 0 Å². The lowest BCUT2D eigenvalue weighted by molar-refractivity contribution is -0.160. The van der Waals surface area contributed by atoms with Crippen molar-refractivity contribution < 1.29 is 24.2 Å². The van der Waals surface area contributed by atoms with Crippen molar-refractivity contribution in [1.82, 2.24) is 9.80 Å². The number of hydrogen-bond donors (Lipinski definition) is 1. The number of nitrogens with zero attached hydrogens (tertiary/aromatic N) is 2. The summed E-state index contributed by atoms with van der Waals surface area (Å²) in [6.45, 7) is 4.98. The van der Waals surface area contributed by atoms with Gasteiger partial charge in [0, 0.05) is 19.7 Å². The van der Waals surface area contributed by atoms with Crippen molar-refractivity contribution in [3.05, 3.63) is 0 Å². The molecule has 7 nitrogen and oxygen atoms in total. The Morgan fingerprint density at radius 1 is 1.26 bits per heavy atom. The highest BCUT2D eigenvalue weighted by Gasteiger charge is 2.44. The number of aliphatic carboxylic acids is 1. The summed E-state index contributed by atoms with van der Waals surface area (Å²) >= 11 is 0. The zero-order chi connectivity index (χ0) is 13.9. The molecule has 0 aromatic heterocycles. The van der Waals surface area contributed by atoms with E-state index in [-0.39, 0.29) is 12.6 Å². The van der Waals surface area contributed by atoms with E-state index in [1.807, 2.05) is 6.92 Å². The first kappa shape index (κ1) is 14.1. The SMILES string of the molecule is CC1(OCC(=O)O)CN(C(=O)N2CCCOCC2)C1. The third-order valence-electron chi connectivity index (χ3n) is 3.36. The third-order valence-corrected chi connectivity index (χ3v) is 3.36. The van der Waals surface area contributed by atoms with E-state index < -0.39 is 11.6 Å². The molecule has 19 heavy (non-hydrogen) atoms. The van der Waals surface area contributed by atoms with Crippen LogP contribution in [-0.2, 0) is 14.3 Å². The van der Waals surface area contributed by atoms with Crippen LogP contribution in [0.1, 0.15) is 13.3 Å². The van der Waals surface area contributed by atoms with Crippen LogP contribution in [0.4, 0.5) is 4.79 Å². The minimum Gasteiger partial charge on any atom is -0.480 e. The summed E-state index contributed by atoms with van der Waals surface area (Å²) in [6, 6.07) is -0.0121. The summed E-state index contributed by atoms with van der Waals surface area (Å²) in [5, 5.41) is 8.58. The van der Waals surface area contributed by atoms with Gasteiger partial charge in [-0.1, -0.05) is 0 Å². The van der Waals surface area contributed by atoms with Crippen molar-refractivity contribution in [1.29, 1.82) is 0 Å². The van der Waals surface area contributed by atoms with Crippen molar-refractivity contribution in [2.75, 3.05) is 46.0 Å². The van der Waals surface area contributed by atoms with Gasteiger partial charge >= 0.3 is 12.0 Å². The Hall–Kier alpha value is -1.34. The molecule has 0 radical (unpaired) electrons. The molecule has 2 heterocycles. The van der Waals surface area contributed by atoms with Crippen LogP contribution in [0, 0.1) is 0 Å². The molecule has 0 saturated carbocycles. The number of urea groups is 1. The second kappa shape index (κ2) is 5.75. The summed E-state index contributed by atoms with van der Waals surface area (Å²) in [6.07, 6.45) is 0.854. The molecular weight excluding hydrogens is 252 g/mol. The van der Waals surface area contributed by atoms with Crippen molar-refractivity contribution >= 4 is 12.0 Å². The molecule has 2 saturated heterocycles. The van der Waals surface area contributed by atoms with Crippen LogP contribution in [-0.4, -0.2) is 78.5 Å². The zero-order valence-corrected chi connectivity index (χ0v) is 11.1. The molecule has 2 aliphatic heterocycles. The van der Waals surface area contributed by atoms with E-state index in [0.717, 1.165) is 6.42 Å². The first-order chi connectivity index (χ1) is 9.00. The first-order valence-corrected chi connectivity index (χ1v) is 6.47. The fraction of sp³-hybridized carbons (Fsp3) is 0.833. The highest BCUT2D eigenvalue weighted by molar-refractivity contribution is 5.76. The van der Waals surface area contributed by atoms with E-state index in [1.54, 1.807) is 9.80 Å². The molecule has 0 bridgehead atoms. The predicted octanol–water partition coefficient (Wildman–Crippen LogP) is 0.00420. The van der Waals surface area contributed by atoms with Gasteiger partial charge in [-0.15, -0.1) is 0 Å². The molecule has 0 atom stereocenters. The molecule has 0 spiro atoms. The van der Waals surface area contributed by atoms with E-state index in [4.69, 9.17) is 14.6 Å². The Morgan fingerprint density at radius 3 is 2.68 bits per heavy atom. The van der Waals surface area contributed by atoms with Gasteiger partial charge in [0.25, 0.3) is 0 Å². The van der Waals surface area contributed by atoms with Crippen LogP contribution in [0.15, 0.2) is 0 Å². The molecule has 7 heteroatoms. The van der Waals surface area contributed by atoms with Crippen molar-refractivity contribution in [2.24, 2.45) is 0 Å². The molecule has 108 valence electrons. The molecule has 0 aliphatic carbocycles. The van der Waals surface area contributed by atoms with Crippen LogP contribution >= 0.6 is 0 Å². The van der Waals surface area contributed by atoms with Gasteiger partial charge in [-0.3, -0.25) is 0 Å². The Kier molecular flexibility index (Phi) is 4.26. The minimum atomic E-state index is -0.990. The van der Waals surface area contributed by atoms with Crippen LogP contribution in [0.25, 0.3) is 0 Å². The Morgan fingerprint density at radius 2 is 2.00 bits per heavy atom. The lowest BCUT2D eigenvalue weighted by Crippen LogP contribution is -2.65. The Balaban J connectivity index is 1.78. The molecule has 0 aromatic carbocycles. The number of carbonyl (C=O) groups is 2. The zero-order valence-electron chi connectivity index (χ0n) is 11.1. The summed E-state index contributed by atoms with van der Waals surface area (Å²) in [5.74, 6) is -0.990. The van der Waals surface area contributed by atoms with Crippen molar-refractivity contribution in [3.8, 4) is 0 Å². The third kappa shape index (κ3) is 3.57. The van der Waals surface area contributed by atoms with Gasteiger partial charge in [0.1, 0.15) is 12.2 Å². The number of carboxylic acid groups (broad SMARTS) is 1. The lowest BCUT2D eigenvalue weighted by Gasteiger charge is -2.48. The molecule has 2 fully saturated rings. The number of rotatable bonds is 3. The number of likely N-dealkylation sites (tertiary alicyclic amines) is 1. The summed E-state index contributed by atoms with van der Waals surface area (Å²) < 4.78 is 10.6. The van der Waals surface area contributed by atoms with Gasteiger partial charge in [-0.25, -0.2) is 9.59 Å². The Bertz CT molecular complexity index is 346. The van der Waals surface area contributed by atoms with E-state index in [0.29, 0.717) is 39.4 Å². The quantitative estimate of drug-likeness (QED) is 0.782. The molecular formula is C12H20N2O5. The smallest absolute Gasteiger partial charge is 0.329 e. The number of amides is 2. The standard InChI is InChI=1S/C12H20N2O5/c1-12(19-7-10(15)16)8-14(9-12)11(17)13-3-2-5-18-6-4-13/h2-9H2,1H3,(H,15,16). The average Bonchev–Trinajstić information content (AvgIpc) is 2.61. The second-order valence-electron chi connectivity index (χ2n) is 5.22. The van der Waals surface area contributed by atoms with Gasteiger partial charge in [-0.2, -0.15) is 0 Å². The lowest BCUT2D eigenvalue weighted by atomic mass is 9.97. The van der Waals surface area contributed by atoms with Gasteiger partial charge in [0.2, 0.25) is 0 Å². The highest BCUT2D eigenvalue weighted by atomic mass is 16.5. The maximum Gasteiger partial charge on any atom is 0.329 e. The van der Waals surface area contributed by atoms with Crippen LogP contribution in [0.2, 0.25) is 0 Å². The molecule has 0 unspecified atom stereocenters. The number of hydrogen-bond acceptors (Lipinski definition) is 4.